The van der Waals surface area contributed by atoms with Crippen LogP contribution in [0.3, 0.4) is 0 Å². The lowest BCUT2D eigenvalue weighted by Gasteiger charge is -2.35. The fourth-order valence-corrected chi connectivity index (χ4v) is 12.0. The third-order valence-electron chi connectivity index (χ3n) is 9.29. The first kappa shape index (κ1) is 27.1. The highest BCUT2D eigenvalue weighted by molar-refractivity contribution is 7.20. The molecule has 0 spiro atoms. The predicted octanol–water partition coefficient (Wildman–Crippen LogP) is 8.14. The van der Waals surface area contributed by atoms with Gasteiger partial charge in [0, 0.05) is 16.5 Å². The van der Waals surface area contributed by atoms with Crippen LogP contribution in [0.4, 0.5) is 0 Å². The Morgan fingerprint density at radius 3 is 1.58 bits per heavy atom. The summed E-state index contributed by atoms with van der Waals surface area (Å²) >= 11 is 0. The van der Waals surface area contributed by atoms with Crippen LogP contribution >= 0.6 is 0 Å². The summed E-state index contributed by atoms with van der Waals surface area (Å²) in [6.07, 6.45) is 0. The summed E-state index contributed by atoms with van der Waals surface area (Å²) in [5.74, 6) is 0. The number of para-hydroxylation sites is 2. The molecule has 0 bridgehead atoms. The maximum absolute atomic E-state index is 2.77. The Bertz CT molecular complexity index is 2210. The summed E-state index contributed by atoms with van der Waals surface area (Å²) in [5, 5.41) is 8.08. The molecule has 1 heterocycles. The molecule has 214 valence electrons. The molecule has 0 N–H and O–H groups in total. The van der Waals surface area contributed by atoms with Gasteiger partial charge in [-0.3, -0.25) is 0 Å². The van der Waals surface area contributed by atoms with E-state index in [1.165, 1.54) is 64.9 Å². The molecule has 8 aromatic rings. The van der Waals surface area contributed by atoms with Gasteiger partial charge in [-0.2, -0.15) is 0 Å². The molecule has 0 amide bonds. The largest absolute Gasteiger partial charge is 0.309 e. The first-order valence-electron chi connectivity index (χ1n) is 15.6. The maximum atomic E-state index is 2.51. The number of nitrogens with zero attached hydrogens (tertiary/aromatic N) is 1. The Kier molecular flexibility index (Phi) is 6.78. The van der Waals surface area contributed by atoms with Gasteiger partial charge in [-0.1, -0.05) is 158 Å². The van der Waals surface area contributed by atoms with Crippen LogP contribution in [0.15, 0.2) is 182 Å². The van der Waals surface area contributed by atoms with E-state index in [9.17, 15) is 0 Å². The van der Waals surface area contributed by atoms with Crippen LogP contribution in [0, 0.1) is 6.92 Å². The fraction of sp³-hybridized carbons (Fsp3) is 0.0233. The van der Waals surface area contributed by atoms with Crippen molar-refractivity contribution in [1.29, 1.82) is 0 Å². The number of aryl methyl sites for hydroxylation is 1. The Morgan fingerprint density at radius 2 is 0.911 bits per heavy atom. The lowest BCUT2D eigenvalue weighted by Crippen LogP contribution is -2.74. The second-order valence-corrected chi connectivity index (χ2v) is 15.6. The molecule has 1 aromatic heterocycles. The van der Waals surface area contributed by atoms with Crippen LogP contribution in [0.1, 0.15) is 5.56 Å². The number of benzene rings is 7. The molecule has 8 rings (SSSR count). The van der Waals surface area contributed by atoms with E-state index < -0.39 is 8.07 Å². The molecule has 0 aliphatic carbocycles. The van der Waals surface area contributed by atoms with Crippen molar-refractivity contribution < 1.29 is 0 Å². The van der Waals surface area contributed by atoms with Crippen molar-refractivity contribution in [3.8, 4) is 16.8 Å². The van der Waals surface area contributed by atoms with Crippen molar-refractivity contribution in [2.24, 2.45) is 0 Å². The Balaban J connectivity index is 1.49. The standard InChI is InChI=1S/C43H33NSi/c1-32-26-27-37(30-40(32)33-16-6-2-7-17-33)45(35-20-10-4-11-21-35,36-22-12-5-13-23-36)38-28-29-43-41(31-38)39-24-14-15-25-42(39)44(43)34-18-8-3-9-19-34/h2-31H,1H3. The van der Waals surface area contributed by atoms with Crippen LogP contribution < -0.4 is 20.7 Å². The molecular formula is C43H33NSi. The first-order valence-corrected chi connectivity index (χ1v) is 17.6. The van der Waals surface area contributed by atoms with Crippen molar-refractivity contribution in [2.45, 2.75) is 6.92 Å². The molecule has 0 saturated heterocycles. The molecule has 0 unspecified atom stereocenters. The summed E-state index contributed by atoms with van der Waals surface area (Å²) in [4.78, 5) is 0. The van der Waals surface area contributed by atoms with Crippen LogP contribution in [-0.2, 0) is 0 Å². The molecule has 0 radical (unpaired) electrons. The van der Waals surface area contributed by atoms with Crippen LogP contribution in [-0.4, -0.2) is 12.6 Å². The molecular weight excluding hydrogens is 559 g/mol. The summed E-state index contributed by atoms with van der Waals surface area (Å²) in [6, 6.07) is 67.3. The van der Waals surface area contributed by atoms with Gasteiger partial charge in [-0.15, -0.1) is 0 Å². The van der Waals surface area contributed by atoms with Crippen molar-refractivity contribution in [2.75, 3.05) is 0 Å². The van der Waals surface area contributed by atoms with Gasteiger partial charge in [0.05, 0.1) is 11.0 Å². The van der Waals surface area contributed by atoms with Gasteiger partial charge < -0.3 is 4.57 Å². The monoisotopic (exact) mass is 591 g/mol. The number of hydrogen-bond acceptors (Lipinski definition) is 0. The fourth-order valence-electron chi connectivity index (χ4n) is 7.22. The van der Waals surface area contributed by atoms with Gasteiger partial charge in [0.25, 0.3) is 0 Å². The minimum atomic E-state index is -2.77. The van der Waals surface area contributed by atoms with E-state index in [4.69, 9.17) is 0 Å². The zero-order valence-electron chi connectivity index (χ0n) is 25.3. The minimum Gasteiger partial charge on any atom is -0.309 e. The number of rotatable bonds is 6. The Labute approximate surface area is 265 Å². The van der Waals surface area contributed by atoms with Gasteiger partial charge in [-0.25, -0.2) is 0 Å². The van der Waals surface area contributed by atoms with E-state index in [0.717, 1.165) is 0 Å². The van der Waals surface area contributed by atoms with Gasteiger partial charge in [0.15, 0.2) is 8.07 Å². The van der Waals surface area contributed by atoms with E-state index in [-0.39, 0.29) is 0 Å². The molecule has 0 atom stereocenters. The second-order valence-electron chi connectivity index (χ2n) is 11.8. The summed E-state index contributed by atoms with van der Waals surface area (Å²) in [6.45, 7) is 2.23. The number of fused-ring (bicyclic) bond motifs is 3. The highest BCUT2D eigenvalue weighted by atomic mass is 28.3. The summed E-state index contributed by atoms with van der Waals surface area (Å²) in [7, 11) is -2.77. The lowest BCUT2D eigenvalue weighted by molar-refractivity contribution is 1.18. The van der Waals surface area contributed by atoms with E-state index in [0.29, 0.717) is 0 Å². The zero-order valence-corrected chi connectivity index (χ0v) is 26.3. The topological polar surface area (TPSA) is 4.93 Å². The van der Waals surface area contributed by atoms with Crippen molar-refractivity contribution in [3.63, 3.8) is 0 Å². The smallest absolute Gasteiger partial charge is 0.179 e. The average molecular weight is 592 g/mol. The minimum absolute atomic E-state index is 1.18. The molecule has 0 fully saturated rings. The third-order valence-corrected chi connectivity index (χ3v) is 14.0. The molecule has 45 heavy (non-hydrogen) atoms. The van der Waals surface area contributed by atoms with E-state index in [1.807, 2.05) is 0 Å². The third kappa shape index (κ3) is 4.45. The lowest BCUT2D eigenvalue weighted by atomic mass is 10.0. The first-order chi connectivity index (χ1) is 22.2. The van der Waals surface area contributed by atoms with Crippen molar-refractivity contribution >= 4 is 50.6 Å². The quantitative estimate of drug-likeness (QED) is 0.136. The molecule has 7 aromatic carbocycles. The highest BCUT2D eigenvalue weighted by Crippen LogP contribution is 2.32. The van der Waals surface area contributed by atoms with Crippen LogP contribution in [0.5, 0.6) is 0 Å². The SMILES string of the molecule is Cc1ccc([Si](c2ccccc2)(c2ccccc2)c2ccc3c(c2)c2ccccc2n3-c2ccccc2)cc1-c1ccccc1. The predicted molar refractivity (Wildman–Crippen MR) is 195 cm³/mol. The Hall–Kier alpha value is -5.44. The molecule has 0 aliphatic heterocycles. The van der Waals surface area contributed by atoms with E-state index >= 15 is 0 Å². The van der Waals surface area contributed by atoms with Crippen LogP contribution in [0.25, 0.3) is 38.6 Å². The second kappa shape index (κ2) is 11.2. The number of hydrogen-bond donors (Lipinski definition) is 0. The maximum Gasteiger partial charge on any atom is 0.179 e. The zero-order chi connectivity index (χ0) is 30.2. The molecule has 0 saturated carbocycles. The van der Waals surface area contributed by atoms with Crippen molar-refractivity contribution in [1.82, 2.24) is 4.57 Å². The average Bonchev–Trinajstić information content (AvgIpc) is 3.45. The van der Waals surface area contributed by atoms with Gasteiger partial charge >= 0.3 is 0 Å². The van der Waals surface area contributed by atoms with Gasteiger partial charge in [0.2, 0.25) is 0 Å². The van der Waals surface area contributed by atoms with E-state index in [1.54, 1.807) is 0 Å². The number of aromatic nitrogens is 1. The van der Waals surface area contributed by atoms with Crippen LogP contribution in [0.2, 0.25) is 0 Å². The summed E-state index contributed by atoms with van der Waals surface area (Å²) < 4.78 is 2.40. The van der Waals surface area contributed by atoms with Gasteiger partial charge in [0.1, 0.15) is 0 Å². The Morgan fingerprint density at radius 1 is 0.400 bits per heavy atom. The van der Waals surface area contributed by atoms with Crippen molar-refractivity contribution in [3.05, 3.63) is 188 Å². The molecule has 2 heteroatoms. The molecule has 0 aliphatic rings. The normalized spacial score (nSPS) is 11.7. The molecule has 1 nitrogen and oxygen atoms in total. The van der Waals surface area contributed by atoms with E-state index in [2.05, 4.69) is 193 Å². The summed E-state index contributed by atoms with van der Waals surface area (Å²) in [5.41, 5.74) is 7.46. The van der Waals surface area contributed by atoms with Gasteiger partial charge in [-0.05, 0) is 68.6 Å². The highest BCUT2D eigenvalue weighted by Gasteiger charge is 2.42.